The molecular weight excluding hydrogens is 288 g/mol. The van der Waals surface area contributed by atoms with E-state index in [1.54, 1.807) is 0 Å². The SMILES string of the molecule is BrC1CCC1(Br)Br. The molecule has 42 valence electrons. The fraction of sp³-hybridized carbons (Fsp3) is 1.00. The van der Waals surface area contributed by atoms with Gasteiger partial charge in [0.2, 0.25) is 0 Å². The Bertz CT molecular complexity index is 79.0. The monoisotopic (exact) mass is 290 g/mol. The Labute approximate surface area is 68.4 Å². The van der Waals surface area contributed by atoms with Gasteiger partial charge in [-0.3, -0.25) is 0 Å². The molecule has 0 bridgehead atoms. The highest BCUT2D eigenvalue weighted by atomic mass is 79.9. The summed E-state index contributed by atoms with van der Waals surface area (Å²) in [5, 5.41) is 0. The Kier molecular flexibility index (Phi) is 1.87. The number of hydrogen-bond donors (Lipinski definition) is 0. The molecule has 1 aliphatic rings. The van der Waals surface area contributed by atoms with Crippen LogP contribution in [0, 0.1) is 0 Å². The summed E-state index contributed by atoms with van der Waals surface area (Å²) in [6.07, 6.45) is 2.50. The first-order valence-electron chi connectivity index (χ1n) is 2.15. The molecular formula is C4H5Br3. The summed E-state index contributed by atoms with van der Waals surface area (Å²) < 4.78 is 0.222. The first-order valence-corrected chi connectivity index (χ1v) is 4.65. The zero-order valence-corrected chi connectivity index (χ0v) is 8.38. The van der Waals surface area contributed by atoms with Crippen LogP contribution >= 0.6 is 47.8 Å². The van der Waals surface area contributed by atoms with Crippen molar-refractivity contribution in [3.05, 3.63) is 0 Å². The first kappa shape index (κ1) is 6.56. The van der Waals surface area contributed by atoms with Gasteiger partial charge in [-0.1, -0.05) is 47.8 Å². The average molecular weight is 293 g/mol. The van der Waals surface area contributed by atoms with Crippen molar-refractivity contribution in [2.24, 2.45) is 0 Å². The number of alkyl halides is 3. The third-order valence-corrected chi connectivity index (χ3v) is 5.56. The Morgan fingerprint density at radius 2 is 1.86 bits per heavy atom. The maximum absolute atomic E-state index is 3.50. The zero-order valence-electron chi connectivity index (χ0n) is 3.63. The maximum Gasteiger partial charge on any atom is 0.0930 e. The standard InChI is InChI=1S/C4H5Br3/c5-3-1-2-4(3,6)7/h3H,1-2H2. The third kappa shape index (κ3) is 1.22. The molecule has 1 fully saturated rings. The van der Waals surface area contributed by atoms with Gasteiger partial charge >= 0.3 is 0 Å². The van der Waals surface area contributed by atoms with Crippen molar-refractivity contribution >= 4 is 47.8 Å². The van der Waals surface area contributed by atoms with Crippen LogP contribution in [0.3, 0.4) is 0 Å². The molecule has 0 aromatic rings. The Hall–Kier alpha value is 1.44. The summed E-state index contributed by atoms with van der Waals surface area (Å²) in [4.78, 5) is 0.625. The number of rotatable bonds is 0. The molecule has 0 radical (unpaired) electrons. The van der Waals surface area contributed by atoms with E-state index in [1.807, 2.05) is 0 Å². The van der Waals surface area contributed by atoms with Crippen LogP contribution in [0.5, 0.6) is 0 Å². The fourth-order valence-electron chi connectivity index (χ4n) is 0.472. The molecule has 7 heavy (non-hydrogen) atoms. The summed E-state index contributed by atoms with van der Waals surface area (Å²) in [6.45, 7) is 0. The van der Waals surface area contributed by atoms with Crippen LogP contribution in [-0.4, -0.2) is 8.06 Å². The van der Waals surface area contributed by atoms with E-state index in [4.69, 9.17) is 0 Å². The van der Waals surface area contributed by atoms with Crippen LogP contribution in [0.25, 0.3) is 0 Å². The van der Waals surface area contributed by atoms with Crippen LogP contribution in [0.2, 0.25) is 0 Å². The van der Waals surface area contributed by atoms with Gasteiger partial charge in [-0.05, 0) is 12.8 Å². The van der Waals surface area contributed by atoms with Crippen LogP contribution < -0.4 is 0 Å². The van der Waals surface area contributed by atoms with Gasteiger partial charge in [0.15, 0.2) is 0 Å². The second kappa shape index (κ2) is 1.99. The van der Waals surface area contributed by atoms with Crippen molar-refractivity contribution in [3.63, 3.8) is 0 Å². The van der Waals surface area contributed by atoms with Crippen molar-refractivity contribution in [2.45, 2.75) is 20.9 Å². The van der Waals surface area contributed by atoms with Crippen molar-refractivity contribution in [1.82, 2.24) is 0 Å². The van der Waals surface area contributed by atoms with Gasteiger partial charge in [0.1, 0.15) is 0 Å². The quantitative estimate of drug-likeness (QED) is 0.602. The summed E-state index contributed by atoms with van der Waals surface area (Å²) in [5.41, 5.74) is 0. The van der Waals surface area contributed by atoms with E-state index in [0.717, 1.165) is 0 Å². The van der Waals surface area contributed by atoms with E-state index in [2.05, 4.69) is 47.8 Å². The molecule has 0 aliphatic heterocycles. The first-order chi connectivity index (χ1) is 3.13. The van der Waals surface area contributed by atoms with Crippen molar-refractivity contribution in [1.29, 1.82) is 0 Å². The predicted molar refractivity (Wildman–Crippen MR) is 42.5 cm³/mol. The smallest absolute Gasteiger partial charge is 0.0866 e. The second-order valence-corrected chi connectivity index (χ2v) is 6.77. The molecule has 0 nitrogen and oxygen atoms in total. The van der Waals surface area contributed by atoms with E-state index in [1.165, 1.54) is 12.8 Å². The second-order valence-electron chi connectivity index (χ2n) is 1.77. The van der Waals surface area contributed by atoms with Crippen LogP contribution in [0.15, 0.2) is 0 Å². The van der Waals surface area contributed by atoms with Crippen molar-refractivity contribution in [3.8, 4) is 0 Å². The molecule has 0 spiro atoms. The fourth-order valence-corrected chi connectivity index (χ4v) is 1.85. The molecule has 1 rings (SSSR count). The summed E-state index contributed by atoms with van der Waals surface area (Å²) in [6, 6.07) is 0. The summed E-state index contributed by atoms with van der Waals surface area (Å²) in [5.74, 6) is 0. The third-order valence-electron chi connectivity index (χ3n) is 1.19. The normalized spacial score (nSPS) is 37.3. The highest BCUT2D eigenvalue weighted by Gasteiger charge is 2.40. The highest BCUT2D eigenvalue weighted by Crippen LogP contribution is 2.49. The molecule has 3 heteroatoms. The minimum Gasteiger partial charge on any atom is -0.0866 e. The molecule has 0 aromatic heterocycles. The van der Waals surface area contributed by atoms with Gasteiger partial charge in [0.05, 0.1) is 3.23 Å². The largest absolute Gasteiger partial charge is 0.0930 e. The van der Waals surface area contributed by atoms with Gasteiger partial charge in [-0.25, -0.2) is 0 Å². The van der Waals surface area contributed by atoms with E-state index in [0.29, 0.717) is 4.83 Å². The molecule has 1 saturated carbocycles. The lowest BCUT2D eigenvalue weighted by molar-refractivity contribution is 0.528. The van der Waals surface area contributed by atoms with Gasteiger partial charge in [-0.2, -0.15) is 0 Å². The lowest BCUT2D eigenvalue weighted by Crippen LogP contribution is -2.35. The summed E-state index contributed by atoms with van der Waals surface area (Å²) >= 11 is 10.5. The molecule has 0 amide bonds. The number of halogens is 3. The predicted octanol–water partition coefficient (Wildman–Crippen LogP) is 3.03. The zero-order chi connectivity index (χ0) is 5.49. The van der Waals surface area contributed by atoms with E-state index >= 15 is 0 Å². The maximum atomic E-state index is 3.50. The molecule has 0 saturated heterocycles. The Morgan fingerprint density at radius 3 is 1.86 bits per heavy atom. The van der Waals surface area contributed by atoms with E-state index in [-0.39, 0.29) is 3.23 Å². The molecule has 0 aromatic carbocycles. The van der Waals surface area contributed by atoms with Crippen molar-refractivity contribution in [2.75, 3.05) is 0 Å². The lowest BCUT2D eigenvalue weighted by Gasteiger charge is -2.36. The van der Waals surface area contributed by atoms with Gasteiger partial charge in [0, 0.05) is 4.83 Å². The van der Waals surface area contributed by atoms with Crippen LogP contribution in [0.1, 0.15) is 12.8 Å². The molecule has 1 unspecified atom stereocenters. The average Bonchev–Trinajstić information content (AvgIpc) is 1.63. The molecule has 1 aliphatic carbocycles. The van der Waals surface area contributed by atoms with E-state index in [9.17, 15) is 0 Å². The molecule has 1 atom stereocenters. The van der Waals surface area contributed by atoms with E-state index < -0.39 is 0 Å². The molecule has 0 N–H and O–H groups in total. The lowest BCUT2D eigenvalue weighted by atomic mass is 10.0. The topological polar surface area (TPSA) is 0 Å². The highest BCUT2D eigenvalue weighted by molar-refractivity contribution is 9.26. The van der Waals surface area contributed by atoms with Crippen LogP contribution in [0.4, 0.5) is 0 Å². The van der Waals surface area contributed by atoms with Crippen LogP contribution in [-0.2, 0) is 0 Å². The molecule has 0 heterocycles. The minimum absolute atomic E-state index is 0.222. The van der Waals surface area contributed by atoms with Crippen molar-refractivity contribution < 1.29 is 0 Å². The van der Waals surface area contributed by atoms with Gasteiger partial charge < -0.3 is 0 Å². The van der Waals surface area contributed by atoms with Gasteiger partial charge in [-0.15, -0.1) is 0 Å². The number of hydrogen-bond acceptors (Lipinski definition) is 0. The Balaban J connectivity index is 2.43. The summed E-state index contributed by atoms with van der Waals surface area (Å²) in [7, 11) is 0. The minimum atomic E-state index is 0.222. The Morgan fingerprint density at radius 1 is 1.43 bits per heavy atom. The van der Waals surface area contributed by atoms with Gasteiger partial charge in [0.25, 0.3) is 0 Å².